The Labute approximate surface area is 145 Å². The number of carbonyl (C=O) groups is 1. The zero-order valence-electron chi connectivity index (χ0n) is 14.4. The average Bonchev–Trinajstić information content (AvgIpc) is 3.35. The molecule has 0 unspecified atom stereocenters. The van der Waals surface area contributed by atoms with Crippen molar-refractivity contribution in [2.45, 2.75) is 64.1 Å². The molecule has 2 amide bonds. The first-order chi connectivity index (χ1) is 12.2. The maximum absolute atomic E-state index is 12.3. The molecular formula is C16H23N7O2. The maximum Gasteiger partial charge on any atom is 0.317 e. The van der Waals surface area contributed by atoms with Gasteiger partial charge < -0.3 is 19.3 Å². The summed E-state index contributed by atoms with van der Waals surface area (Å²) in [7, 11) is 1.72. The molecule has 2 aromatic rings. The van der Waals surface area contributed by atoms with E-state index in [9.17, 15) is 4.79 Å². The monoisotopic (exact) mass is 345 g/mol. The minimum Gasteiger partial charge on any atom is -0.339 e. The highest BCUT2D eigenvalue weighted by Gasteiger charge is 2.24. The van der Waals surface area contributed by atoms with Gasteiger partial charge in [-0.25, -0.2) is 4.79 Å². The number of nitrogens with zero attached hydrogens (tertiary/aromatic N) is 6. The highest BCUT2D eigenvalue weighted by atomic mass is 16.5. The standard InChI is InChI=1S/C16H23N7O2/c1-22(10-12-18-15(25-21-12)11-5-2-3-6-11)16(24)17-9-14-20-19-13-7-4-8-23(13)14/h11H,2-10H2,1H3,(H,17,24). The number of hydrogen-bond donors (Lipinski definition) is 1. The third kappa shape index (κ3) is 3.35. The maximum atomic E-state index is 12.3. The van der Waals surface area contributed by atoms with Crippen LogP contribution in [0.1, 0.15) is 61.4 Å². The molecule has 1 saturated carbocycles. The molecule has 1 N–H and O–H groups in total. The largest absolute Gasteiger partial charge is 0.339 e. The molecule has 25 heavy (non-hydrogen) atoms. The van der Waals surface area contributed by atoms with Crippen molar-refractivity contribution in [1.29, 1.82) is 0 Å². The molecule has 0 spiro atoms. The van der Waals surface area contributed by atoms with Gasteiger partial charge in [0.25, 0.3) is 0 Å². The molecule has 0 aromatic carbocycles. The lowest BCUT2D eigenvalue weighted by Crippen LogP contribution is -2.37. The van der Waals surface area contributed by atoms with Crippen molar-refractivity contribution in [1.82, 2.24) is 35.1 Å². The fraction of sp³-hybridized carbons (Fsp3) is 0.688. The van der Waals surface area contributed by atoms with Crippen molar-refractivity contribution < 1.29 is 9.32 Å². The van der Waals surface area contributed by atoms with Gasteiger partial charge in [0.15, 0.2) is 11.6 Å². The summed E-state index contributed by atoms with van der Waals surface area (Å²) in [6.45, 7) is 1.62. The summed E-state index contributed by atoms with van der Waals surface area (Å²) >= 11 is 0. The van der Waals surface area contributed by atoms with Gasteiger partial charge in [-0.05, 0) is 19.3 Å². The molecular weight excluding hydrogens is 322 g/mol. The van der Waals surface area contributed by atoms with Gasteiger partial charge in [-0.3, -0.25) is 0 Å². The van der Waals surface area contributed by atoms with Crippen LogP contribution in [0.2, 0.25) is 0 Å². The molecule has 9 heteroatoms. The van der Waals surface area contributed by atoms with E-state index >= 15 is 0 Å². The topological polar surface area (TPSA) is 102 Å². The minimum absolute atomic E-state index is 0.192. The van der Waals surface area contributed by atoms with Crippen LogP contribution in [-0.2, 0) is 26.1 Å². The lowest BCUT2D eigenvalue weighted by molar-refractivity contribution is 0.204. The number of amides is 2. The van der Waals surface area contributed by atoms with Gasteiger partial charge in [0.05, 0.1) is 13.1 Å². The van der Waals surface area contributed by atoms with Crippen LogP contribution in [0.15, 0.2) is 4.52 Å². The Hall–Kier alpha value is -2.45. The molecule has 2 aliphatic rings. The first-order valence-electron chi connectivity index (χ1n) is 8.93. The summed E-state index contributed by atoms with van der Waals surface area (Å²) in [5.41, 5.74) is 0. The second-order valence-corrected chi connectivity index (χ2v) is 6.83. The number of aryl methyl sites for hydroxylation is 1. The molecule has 134 valence electrons. The highest BCUT2D eigenvalue weighted by Crippen LogP contribution is 2.32. The van der Waals surface area contributed by atoms with Gasteiger partial charge in [0.1, 0.15) is 5.82 Å². The molecule has 0 radical (unpaired) electrons. The van der Waals surface area contributed by atoms with E-state index in [4.69, 9.17) is 4.52 Å². The predicted molar refractivity (Wildman–Crippen MR) is 87.6 cm³/mol. The van der Waals surface area contributed by atoms with Crippen LogP contribution in [0, 0.1) is 0 Å². The molecule has 1 aliphatic heterocycles. The third-order valence-electron chi connectivity index (χ3n) is 5.00. The molecule has 2 aromatic heterocycles. The quantitative estimate of drug-likeness (QED) is 0.883. The molecule has 1 aliphatic carbocycles. The van der Waals surface area contributed by atoms with Crippen molar-refractivity contribution in [3.8, 4) is 0 Å². The summed E-state index contributed by atoms with van der Waals surface area (Å²) < 4.78 is 7.43. The van der Waals surface area contributed by atoms with Crippen LogP contribution in [0.3, 0.4) is 0 Å². The smallest absolute Gasteiger partial charge is 0.317 e. The van der Waals surface area contributed by atoms with E-state index in [-0.39, 0.29) is 6.03 Å². The zero-order valence-corrected chi connectivity index (χ0v) is 14.4. The van der Waals surface area contributed by atoms with E-state index in [1.54, 1.807) is 11.9 Å². The average molecular weight is 345 g/mol. The SMILES string of the molecule is CN(Cc1noc(C2CCCC2)n1)C(=O)NCc1nnc2n1CCC2. The van der Waals surface area contributed by atoms with Gasteiger partial charge >= 0.3 is 6.03 Å². The summed E-state index contributed by atoms with van der Waals surface area (Å²) in [5, 5.41) is 15.2. The van der Waals surface area contributed by atoms with Gasteiger partial charge in [0.2, 0.25) is 5.89 Å². The van der Waals surface area contributed by atoms with Crippen molar-refractivity contribution in [2.24, 2.45) is 0 Å². The number of rotatable bonds is 5. The van der Waals surface area contributed by atoms with Crippen LogP contribution in [0.4, 0.5) is 4.79 Å². The van der Waals surface area contributed by atoms with Crippen molar-refractivity contribution >= 4 is 6.03 Å². The Balaban J connectivity index is 1.30. The number of carbonyl (C=O) groups excluding carboxylic acids is 1. The molecule has 1 fully saturated rings. The molecule has 0 saturated heterocycles. The number of nitrogens with one attached hydrogen (secondary N) is 1. The predicted octanol–water partition coefficient (Wildman–Crippen LogP) is 1.61. The molecule has 9 nitrogen and oxygen atoms in total. The van der Waals surface area contributed by atoms with Crippen LogP contribution >= 0.6 is 0 Å². The second kappa shape index (κ2) is 6.81. The lowest BCUT2D eigenvalue weighted by atomic mass is 10.1. The first kappa shape index (κ1) is 16.0. The highest BCUT2D eigenvalue weighted by molar-refractivity contribution is 5.73. The Kier molecular flexibility index (Phi) is 4.37. The van der Waals surface area contributed by atoms with Crippen molar-refractivity contribution in [2.75, 3.05) is 7.05 Å². The molecule has 0 atom stereocenters. The van der Waals surface area contributed by atoms with E-state index in [0.717, 1.165) is 43.9 Å². The van der Waals surface area contributed by atoms with E-state index < -0.39 is 0 Å². The summed E-state index contributed by atoms with van der Waals surface area (Å²) in [6, 6.07) is -0.192. The first-order valence-corrected chi connectivity index (χ1v) is 8.93. The van der Waals surface area contributed by atoms with Crippen LogP contribution in [-0.4, -0.2) is 42.9 Å². The Morgan fingerprint density at radius 1 is 1.32 bits per heavy atom. The number of hydrogen-bond acceptors (Lipinski definition) is 6. The number of urea groups is 1. The van der Waals surface area contributed by atoms with Gasteiger partial charge in [-0.1, -0.05) is 18.0 Å². The van der Waals surface area contributed by atoms with E-state index in [0.29, 0.717) is 30.7 Å². The van der Waals surface area contributed by atoms with Crippen LogP contribution < -0.4 is 5.32 Å². The van der Waals surface area contributed by atoms with E-state index in [1.807, 2.05) is 0 Å². The lowest BCUT2D eigenvalue weighted by Gasteiger charge is -2.15. The van der Waals surface area contributed by atoms with Gasteiger partial charge in [-0.15, -0.1) is 10.2 Å². The number of fused-ring (bicyclic) bond motifs is 1. The molecule has 3 heterocycles. The fourth-order valence-corrected chi connectivity index (χ4v) is 3.59. The zero-order chi connectivity index (χ0) is 17.2. The van der Waals surface area contributed by atoms with E-state index in [2.05, 4.69) is 30.2 Å². The Bertz CT molecular complexity index is 748. The Morgan fingerprint density at radius 3 is 3.00 bits per heavy atom. The normalized spacial score (nSPS) is 17.0. The van der Waals surface area contributed by atoms with Crippen molar-refractivity contribution in [3.05, 3.63) is 23.4 Å². The number of aromatic nitrogens is 5. The van der Waals surface area contributed by atoms with Crippen LogP contribution in [0.5, 0.6) is 0 Å². The van der Waals surface area contributed by atoms with Gasteiger partial charge in [0, 0.05) is 25.9 Å². The second-order valence-electron chi connectivity index (χ2n) is 6.83. The summed E-state index contributed by atoms with van der Waals surface area (Å²) in [5.74, 6) is 3.44. The fourth-order valence-electron chi connectivity index (χ4n) is 3.59. The molecule has 0 bridgehead atoms. The summed E-state index contributed by atoms with van der Waals surface area (Å²) in [4.78, 5) is 18.3. The summed E-state index contributed by atoms with van der Waals surface area (Å²) in [6.07, 6.45) is 6.71. The van der Waals surface area contributed by atoms with Crippen molar-refractivity contribution in [3.63, 3.8) is 0 Å². The Morgan fingerprint density at radius 2 is 2.16 bits per heavy atom. The molecule has 4 rings (SSSR count). The van der Waals surface area contributed by atoms with E-state index in [1.165, 1.54) is 12.8 Å². The van der Waals surface area contributed by atoms with Gasteiger partial charge in [-0.2, -0.15) is 4.98 Å². The van der Waals surface area contributed by atoms with Crippen LogP contribution in [0.25, 0.3) is 0 Å². The minimum atomic E-state index is -0.192. The third-order valence-corrected chi connectivity index (χ3v) is 5.00.